The first-order valence-electron chi connectivity index (χ1n) is 3.88. The van der Waals surface area contributed by atoms with Gasteiger partial charge in [-0.15, -0.1) is 0 Å². The van der Waals surface area contributed by atoms with Gasteiger partial charge < -0.3 is 5.11 Å². The van der Waals surface area contributed by atoms with Gasteiger partial charge in [0.25, 0.3) is 0 Å². The van der Waals surface area contributed by atoms with E-state index in [0.717, 1.165) is 12.0 Å². The summed E-state index contributed by atoms with van der Waals surface area (Å²) in [7, 11) is 0. The molecule has 0 spiro atoms. The van der Waals surface area contributed by atoms with E-state index < -0.39 is 0 Å². The van der Waals surface area contributed by atoms with E-state index in [1.807, 2.05) is 6.92 Å². The van der Waals surface area contributed by atoms with Crippen molar-refractivity contribution in [1.29, 1.82) is 0 Å². The van der Waals surface area contributed by atoms with Crippen molar-refractivity contribution in [1.82, 2.24) is 0 Å². The van der Waals surface area contributed by atoms with Gasteiger partial charge >= 0.3 is 0 Å². The standard InChI is InChI=1S/C9H18O/c1-7(2)5-6-8(3)9(4)10/h6-7,9-10H,5H2,1-4H3. The highest BCUT2D eigenvalue weighted by Gasteiger charge is 1.97. The van der Waals surface area contributed by atoms with E-state index in [9.17, 15) is 0 Å². The van der Waals surface area contributed by atoms with Gasteiger partial charge in [0, 0.05) is 0 Å². The summed E-state index contributed by atoms with van der Waals surface area (Å²) in [6, 6.07) is 0. The zero-order valence-electron chi connectivity index (χ0n) is 7.39. The predicted octanol–water partition coefficient (Wildman–Crippen LogP) is 2.36. The van der Waals surface area contributed by atoms with Gasteiger partial charge in [0.15, 0.2) is 0 Å². The lowest BCUT2D eigenvalue weighted by Gasteiger charge is -2.04. The summed E-state index contributed by atoms with van der Waals surface area (Å²) in [5.74, 6) is 0.689. The molecule has 0 saturated carbocycles. The molecule has 0 saturated heterocycles. The zero-order chi connectivity index (χ0) is 8.15. The number of hydrogen-bond acceptors (Lipinski definition) is 1. The number of aliphatic hydroxyl groups excluding tert-OH is 1. The normalized spacial score (nSPS) is 16.0. The van der Waals surface area contributed by atoms with Crippen LogP contribution < -0.4 is 0 Å². The highest BCUT2D eigenvalue weighted by atomic mass is 16.3. The topological polar surface area (TPSA) is 20.2 Å². The Bertz CT molecular complexity index is 112. The lowest BCUT2D eigenvalue weighted by molar-refractivity contribution is 0.231. The number of allylic oxidation sites excluding steroid dienone is 1. The van der Waals surface area contributed by atoms with Gasteiger partial charge in [0.05, 0.1) is 6.10 Å². The van der Waals surface area contributed by atoms with E-state index >= 15 is 0 Å². The van der Waals surface area contributed by atoms with E-state index in [1.54, 1.807) is 6.92 Å². The van der Waals surface area contributed by atoms with Crippen LogP contribution in [0.3, 0.4) is 0 Å². The second-order valence-electron chi connectivity index (χ2n) is 3.25. The molecule has 0 radical (unpaired) electrons. The van der Waals surface area contributed by atoms with Crippen molar-refractivity contribution in [3.8, 4) is 0 Å². The molecule has 0 aliphatic carbocycles. The molecule has 0 aliphatic rings. The largest absolute Gasteiger partial charge is 0.389 e. The first-order valence-corrected chi connectivity index (χ1v) is 3.88. The fourth-order valence-corrected chi connectivity index (χ4v) is 0.592. The molecule has 0 amide bonds. The molecule has 10 heavy (non-hydrogen) atoms. The van der Waals surface area contributed by atoms with Crippen molar-refractivity contribution >= 4 is 0 Å². The van der Waals surface area contributed by atoms with Gasteiger partial charge in [-0.25, -0.2) is 0 Å². The Labute approximate surface area is 63.8 Å². The minimum atomic E-state index is -0.279. The molecular weight excluding hydrogens is 124 g/mol. The van der Waals surface area contributed by atoms with Crippen molar-refractivity contribution in [2.45, 2.75) is 40.2 Å². The number of rotatable bonds is 3. The molecule has 0 rings (SSSR count). The van der Waals surface area contributed by atoms with Crippen LogP contribution >= 0.6 is 0 Å². The van der Waals surface area contributed by atoms with E-state index in [2.05, 4.69) is 19.9 Å². The van der Waals surface area contributed by atoms with Crippen molar-refractivity contribution < 1.29 is 5.11 Å². The maximum atomic E-state index is 9.07. The van der Waals surface area contributed by atoms with Gasteiger partial charge in [0.2, 0.25) is 0 Å². The van der Waals surface area contributed by atoms with E-state index in [0.29, 0.717) is 5.92 Å². The van der Waals surface area contributed by atoms with Crippen LogP contribution in [0.5, 0.6) is 0 Å². The summed E-state index contributed by atoms with van der Waals surface area (Å²) in [4.78, 5) is 0. The third kappa shape index (κ3) is 4.57. The van der Waals surface area contributed by atoms with Crippen LogP contribution in [0.2, 0.25) is 0 Å². The lowest BCUT2D eigenvalue weighted by Crippen LogP contribution is -2.01. The van der Waals surface area contributed by atoms with Crippen molar-refractivity contribution in [3.63, 3.8) is 0 Å². The van der Waals surface area contributed by atoms with Gasteiger partial charge in [-0.3, -0.25) is 0 Å². The Kier molecular flexibility index (Phi) is 4.37. The van der Waals surface area contributed by atoms with Crippen LogP contribution in [0.15, 0.2) is 11.6 Å². The Hall–Kier alpha value is -0.300. The first-order chi connectivity index (χ1) is 4.54. The predicted molar refractivity (Wildman–Crippen MR) is 44.9 cm³/mol. The summed E-state index contributed by atoms with van der Waals surface area (Å²) >= 11 is 0. The van der Waals surface area contributed by atoms with Gasteiger partial charge in [-0.1, -0.05) is 19.9 Å². The molecule has 0 aromatic heterocycles. The highest BCUT2D eigenvalue weighted by Crippen LogP contribution is 2.06. The molecule has 1 atom stereocenters. The second kappa shape index (κ2) is 4.51. The molecule has 1 heteroatoms. The maximum absolute atomic E-state index is 9.07. The first kappa shape index (κ1) is 9.70. The van der Waals surface area contributed by atoms with Crippen LogP contribution in [0, 0.1) is 5.92 Å². The Morgan fingerprint density at radius 3 is 2.20 bits per heavy atom. The van der Waals surface area contributed by atoms with E-state index in [1.165, 1.54) is 0 Å². The average Bonchev–Trinajstić information content (AvgIpc) is 1.82. The van der Waals surface area contributed by atoms with Crippen LogP contribution in [0.25, 0.3) is 0 Å². The summed E-state index contributed by atoms with van der Waals surface area (Å²) in [6.45, 7) is 8.11. The van der Waals surface area contributed by atoms with E-state index in [-0.39, 0.29) is 6.10 Å². The summed E-state index contributed by atoms with van der Waals surface area (Å²) < 4.78 is 0. The molecule has 0 aromatic rings. The van der Waals surface area contributed by atoms with Gasteiger partial charge in [-0.2, -0.15) is 0 Å². The van der Waals surface area contributed by atoms with Crippen molar-refractivity contribution in [3.05, 3.63) is 11.6 Å². The molecule has 1 unspecified atom stereocenters. The van der Waals surface area contributed by atoms with Gasteiger partial charge in [0.1, 0.15) is 0 Å². The minimum Gasteiger partial charge on any atom is -0.389 e. The van der Waals surface area contributed by atoms with Crippen molar-refractivity contribution in [2.24, 2.45) is 5.92 Å². The number of hydrogen-bond donors (Lipinski definition) is 1. The van der Waals surface area contributed by atoms with Crippen LogP contribution in [-0.2, 0) is 0 Å². The Balaban J connectivity index is 3.69. The molecule has 60 valence electrons. The summed E-state index contributed by atoms with van der Waals surface area (Å²) in [5, 5.41) is 9.07. The quantitative estimate of drug-likeness (QED) is 0.600. The summed E-state index contributed by atoms with van der Waals surface area (Å²) in [6.07, 6.45) is 2.89. The third-order valence-corrected chi connectivity index (χ3v) is 1.57. The maximum Gasteiger partial charge on any atom is 0.0719 e. The lowest BCUT2D eigenvalue weighted by atomic mass is 10.1. The zero-order valence-corrected chi connectivity index (χ0v) is 7.39. The Morgan fingerprint density at radius 2 is 1.90 bits per heavy atom. The van der Waals surface area contributed by atoms with Crippen LogP contribution in [-0.4, -0.2) is 11.2 Å². The Morgan fingerprint density at radius 1 is 1.40 bits per heavy atom. The molecule has 0 heterocycles. The smallest absolute Gasteiger partial charge is 0.0719 e. The monoisotopic (exact) mass is 142 g/mol. The third-order valence-electron chi connectivity index (χ3n) is 1.57. The fourth-order valence-electron chi connectivity index (χ4n) is 0.592. The minimum absolute atomic E-state index is 0.279. The molecule has 0 aromatic carbocycles. The van der Waals surface area contributed by atoms with Gasteiger partial charge in [-0.05, 0) is 31.8 Å². The molecule has 1 nitrogen and oxygen atoms in total. The molecular formula is C9H18O. The molecule has 0 fully saturated rings. The second-order valence-corrected chi connectivity index (χ2v) is 3.25. The molecule has 0 aliphatic heterocycles. The number of aliphatic hydroxyl groups is 1. The SMILES string of the molecule is CC(=CCC(C)C)C(C)O. The summed E-state index contributed by atoms with van der Waals surface area (Å²) in [5.41, 5.74) is 1.08. The fraction of sp³-hybridized carbons (Fsp3) is 0.778. The molecule has 1 N–H and O–H groups in total. The average molecular weight is 142 g/mol. The van der Waals surface area contributed by atoms with Crippen molar-refractivity contribution in [2.75, 3.05) is 0 Å². The van der Waals surface area contributed by atoms with E-state index in [4.69, 9.17) is 5.11 Å². The van der Waals surface area contributed by atoms with Crippen LogP contribution in [0.4, 0.5) is 0 Å². The highest BCUT2D eigenvalue weighted by molar-refractivity contribution is 5.02. The van der Waals surface area contributed by atoms with Crippen LogP contribution in [0.1, 0.15) is 34.1 Å². The molecule has 0 bridgehead atoms.